The Kier molecular flexibility index (Phi) is 6.90. The van der Waals surface area contributed by atoms with Crippen molar-refractivity contribution in [3.05, 3.63) is 210 Å². The number of allylic oxidation sites excluding steroid dienone is 4. The molecule has 3 aliphatic rings. The number of aromatic nitrogens is 2. The summed E-state index contributed by atoms with van der Waals surface area (Å²) in [5.74, 6) is 2.54. The van der Waals surface area contributed by atoms with E-state index in [4.69, 9.17) is 14.7 Å². The largest absolute Gasteiger partial charge is 0.457 e. The molecule has 3 nitrogen and oxygen atoms in total. The number of benzene rings is 7. The van der Waals surface area contributed by atoms with E-state index >= 15 is 0 Å². The number of rotatable bonds is 4. The zero-order valence-electron chi connectivity index (χ0n) is 29.5. The molecule has 8 aromatic rings. The molecule has 2 heterocycles. The van der Waals surface area contributed by atoms with E-state index in [9.17, 15) is 0 Å². The fourth-order valence-corrected chi connectivity index (χ4v) is 9.06. The van der Waals surface area contributed by atoms with E-state index in [1.807, 2.05) is 12.1 Å². The summed E-state index contributed by atoms with van der Waals surface area (Å²) in [7, 11) is 0. The normalized spacial score (nSPS) is 16.4. The average Bonchev–Trinajstić information content (AvgIpc) is 3.54. The van der Waals surface area contributed by atoms with Crippen molar-refractivity contribution in [2.45, 2.75) is 18.3 Å². The van der Waals surface area contributed by atoms with Crippen LogP contribution in [-0.4, -0.2) is 9.97 Å². The zero-order chi connectivity index (χ0) is 35.6. The number of fused-ring (bicyclic) bond motifs is 9. The minimum atomic E-state index is -0.430. The van der Waals surface area contributed by atoms with Gasteiger partial charge in [-0.3, -0.25) is 0 Å². The lowest BCUT2D eigenvalue weighted by Crippen LogP contribution is -2.33. The molecule has 0 saturated carbocycles. The van der Waals surface area contributed by atoms with E-state index in [1.54, 1.807) is 0 Å². The van der Waals surface area contributed by atoms with Gasteiger partial charge in [-0.15, -0.1) is 0 Å². The van der Waals surface area contributed by atoms with Crippen LogP contribution in [0.2, 0.25) is 0 Å². The molecule has 1 atom stereocenters. The highest BCUT2D eigenvalue weighted by molar-refractivity contribution is 5.95. The first-order valence-electron chi connectivity index (χ1n) is 18.7. The van der Waals surface area contributed by atoms with E-state index < -0.39 is 5.41 Å². The molecule has 1 aromatic heterocycles. The molecule has 11 rings (SSSR count). The fraction of sp³-hybridized carbons (Fsp3) is 0.0588. The smallest absolute Gasteiger partial charge is 0.160 e. The lowest BCUT2D eigenvalue weighted by atomic mass is 9.64. The van der Waals surface area contributed by atoms with Gasteiger partial charge in [0.2, 0.25) is 0 Å². The second-order valence-corrected chi connectivity index (χ2v) is 14.4. The molecule has 1 spiro atoms. The Morgan fingerprint density at radius 3 is 2.06 bits per heavy atom. The van der Waals surface area contributed by atoms with E-state index in [1.165, 1.54) is 44.5 Å². The summed E-state index contributed by atoms with van der Waals surface area (Å²) in [4.78, 5) is 10.4. The highest BCUT2D eigenvalue weighted by Gasteiger charge is 2.52. The third kappa shape index (κ3) is 4.61. The predicted molar refractivity (Wildman–Crippen MR) is 219 cm³/mol. The maximum atomic E-state index is 6.71. The molecular formula is C51H34N2O. The summed E-state index contributed by atoms with van der Waals surface area (Å²) in [5.41, 5.74) is 16.0. The Hall–Kier alpha value is -6.84. The first kappa shape index (κ1) is 30.8. The monoisotopic (exact) mass is 690 g/mol. The second kappa shape index (κ2) is 12.1. The first-order chi connectivity index (χ1) is 26.8. The molecule has 0 amide bonds. The van der Waals surface area contributed by atoms with E-state index in [0.717, 1.165) is 63.2 Å². The third-order valence-corrected chi connectivity index (χ3v) is 11.5. The standard InChI is InChI=1S/C51H34N2O/c1-2-13-33(14-3-1)34-25-27-35(28-26-34)49-41-19-6-10-23-46(41)52-50(53-49)38-16-12-15-36(31-38)37-29-30-48-45(32-37)51(44-22-9-11-24-47(44)54-48)42-20-7-4-17-39(42)40-18-5-8-21-43(40)51/h1-7,9-20,22-32H,8,21H2. The minimum absolute atomic E-state index is 0.430. The molecule has 1 aliphatic heterocycles. The zero-order valence-corrected chi connectivity index (χ0v) is 29.5. The number of ether oxygens (including phenoxy) is 1. The van der Waals surface area contributed by atoms with Crippen LogP contribution in [0.5, 0.6) is 11.5 Å². The predicted octanol–water partition coefficient (Wildman–Crippen LogP) is 12.9. The lowest BCUT2D eigenvalue weighted by Gasteiger charge is -2.41. The molecule has 0 N–H and O–H groups in total. The number of nitrogens with zero attached hydrogens (tertiary/aromatic N) is 2. The Balaban J connectivity index is 1.05. The molecular weight excluding hydrogens is 657 g/mol. The number of hydrogen-bond acceptors (Lipinski definition) is 3. The van der Waals surface area contributed by atoms with Gasteiger partial charge in [-0.2, -0.15) is 0 Å². The van der Waals surface area contributed by atoms with Crippen LogP contribution in [0.1, 0.15) is 35.1 Å². The summed E-state index contributed by atoms with van der Waals surface area (Å²) in [6, 6.07) is 60.4. The molecule has 54 heavy (non-hydrogen) atoms. The molecule has 0 fully saturated rings. The third-order valence-electron chi connectivity index (χ3n) is 11.5. The second-order valence-electron chi connectivity index (χ2n) is 14.4. The van der Waals surface area contributed by atoms with Gasteiger partial charge < -0.3 is 4.74 Å². The summed E-state index contributed by atoms with van der Waals surface area (Å²) >= 11 is 0. The molecule has 2 aliphatic carbocycles. The van der Waals surface area contributed by atoms with Crippen molar-refractivity contribution in [3.8, 4) is 56.4 Å². The molecule has 3 heteroatoms. The van der Waals surface area contributed by atoms with Crippen LogP contribution in [0.25, 0.3) is 61.4 Å². The van der Waals surface area contributed by atoms with Crippen LogP contribution >= 0.6 is 0 Å². The van der Waals surface area contributed by atoms with E-state index in [0.29, 0.717) is 5.82 Å². The van der Waals surface area contributed by atoms with Crippen molar-refractivity contribution in [1.82, 2.24) is 9.97 Å². The Bertz CT molecular complexity index is 2850. The molecule has 254 valence electrons. The van der Waals surface area contributed by atoms with Gasteiger partial charge in [0.1, 0.15) is 11.5 Å². The van der Waals surface area contributed by atoms with Gasteiger partial charge in [0.25, 0.3) is 0 Å². The Labute approximate surface area is 314 Å². The molecule has 1 unspecified atom stereocenters. The maximum Gasteiger partial charge on any atom is 0.160 e. The van der Waals surface area contributed by atoms with Gasteiger partial charge >= 0.3 is 0 Å². The van der Waals surface area contributed by atoms with Crippen LogP contribution in [0.15, 0.2) is 188 Å². The van der Waals surface area contributed by atoms with Gasteiger partial charge in [0, 0.05) is 27.6 Å². The van der Waals surface area contributed by atoms with Crippen molar-refractivity contribution in [3.63, 3.8) is 0 Å². The number of para-hydroxylation sites is 2. The van der Waals surface area contributed by atoms with Crippen LogP contribution in [0.3, 0.4) is 0 Å². The highest BCUT2D eigenvalue weighted by Crippen LogP contribution is 2.63. The van der Waals surface area contributed by atoms with Crippen LogP contribution in [0.4, 0.5) is 0 Å². The SMILES string of the molecule is C1=CC2=C(CC1)C1(c3ccccc3Oc3ccc(-c4cccc(-c5nc(-c6ccc(-c7ccccc7)cc6)c6ccccc6n5)c4)cc31)c1ccccc12. The van der Waals surface area contributed by atoms with Crippen molar-refractivity contribution in [2.24, 2.45) is 0 Å². The van der Waals surface area contributed by atoms with Gasteiger partial charge in [0.05, 0.1) is 16.6 Å². The number of hydrogen-bond donors (Lipinski definition) is 0. The minimum Gasteiger partial charge on any atom is -0.457 e. The molecule has 0 bridgehead atoms. The molecule has 0 saturated heterocycles. The Morgan fingerprint density at radius 2 is 1.15 bits per heavy atom. The van der Waals surface area contributed by atoms with Gasteiger partial charge in [-0.1, -0.05) is 152 Å². The highest BCUT2D eigenvalue weighted by atomic mass is 16.5. The van der Waals surface area contributed by atoms with Crippen molar-refractivity contribution < 1.29 is 4.74 Å². The fourth-order valence-electron chi connectivity index (χ4n) is 9.06. The lowest BCUT2D eigenvalue weighted by molar-refractivity contribution is 0.432. The van der Waals surface area contributed by atoms with Crippen LogP contribution < -0.4 is 4.74 Å². The van der Waals surface area contributed by atoms with Crippen molar-refractivity contribution >= 4 is 16.5 Å². The van der Waals surface area contributed by atoms with E-state index in [2.05, 4.69) is 170 Å². The average molecular weight is 691 g/mol. The summed E-state index contributed by atoms with van der Waals surface area (Å²) < 4.78 is 6.71. The summed E-state index contributed by atoms with van der Waals surface area (Å²) in [6.45, 7) is 0. The first-order valence-corrected chi connectivity index (χ1v) is 18.7. The summed E-state index contributed by atoms with van der Waals surface area (Å²) in [5, 5.41) is 1.04. The van der Waals surface area contributed by atoms with Gasteiger partial charge in [-0.05, 0) is 87.7 Å². The summed E-state index contributed by atoms with van der Waals surface area (Å²) in [6.07, 6.45) is 6.69. The quantitative estimate of drug-likeness (QED) is 0.184. The van der Waals surface area contributed by atoms with Crippen LogP contribution in [0, 0.1) is 0 Å². The van der Waals surface area contributed by atoms with E-state index in [-0.39, 0.29) is 0 Å². The maximum absolute atomic E-state index is 6.71. The van der Waals surface area contributed by atoms with Crippen molar-refractivity contribution in [2.75, 3.05) is 0 Å². The molecule has 0 radical (unpaired) electrons. The topological polar surface area (TPSA) is 35.0 Å². The van der Waals surface area contributed by atoms with Crippen LogP contribution in [-0.2, 0) is 5.41 Å². The van der Waals surface area contributed by atoms with Gasteiger partial charge in [0.15, 0.2) is 5.82 Å². The Morgan fingerprint density at radius 1 is 0.481 bits per heavy atom. The van der Waals surface area contributed by atoms with Gasteiger partial charge in [-0.25, -0.2) is 9.97 Å². The van der Waals surface area contributed by atoms with Crippen molar-refractivity contribution in [1.29, 1.82) is 0 Å². The molecule has 7 aromatic carbocycles.